The summed E-state index contributed by atoms with van der Waals surface area (Å²) in [5, 5.41) is 9.09. The highest BCUT2D eigenvalue weighted by molar-refractivity contribution is 9.10. The molecule has 0 unspecified atom stereocenters. The van der Waals surface area contributed by atoms with E-state index in [0.717, 1.165) is 12.8 Å². The third kappa shape index (κ3) is 2.28. The molecule has 19 heavy (non-hydrogen) atoms. The molecule has 6 heteroatoms. The highest BCUT2D eigenvalue weighted by Crippen LogP contribution is 2.42. The summed E-state index contributed by atoms with van der Waals surface area (Å²) in [6.45, 7) is 0. The van der Waals surface area contributed by atoms with Gasteiger partial charge in [-0.1, -0.05) is 15.9 Å². The number of hydrogen-bond donors (Lipinski definition) is 1. The molecule has 0 amide bonds. The molecule has 3 rings (SSSR count). The largest absolute Gasteiger partial charge is 0.475 e. The van der Waals surface area contributed by atoms with E-state index in [1.54, 1.807) is 6.07 Å². The van der Waals surface area contributed by atoms with Crippen LogP contribution in [0.1, 0.15) is 35.0 Å². The third-order valence-corrected chi connectivity index (χ3v) is 3.46. The van der Waals surface area contributed by atoms with Crippen molar-refractivity contribution in [2.75, 3.05) is 0 Å². The summed E-state index contributed by atoms with van der Waals surface area (Å²) in [5.41, 5.74) is 0.575. The lowest BCUT2D eigenvalue weighted by atomic mass is 10.2. The summed E-state index contributed by atoms with van der Waals surface area (Å²) in [4.78, 5) is 15.3. The molecule has 98 valence electrons. The van der Waals surface area contributed by atoms with Gasteiger partial charge in [-0.05, 0) is 31.0 Å². The number of hydrogen-bond acceptors (Lipinski definition) is 3. The van der Waals surface area contributed by atoms with Gasteiger partial charge < -0.3 is 9.52 Å². The van der Waals surface area contributed by atoms with Gasteiger partial charge in [0.2, 0.25) is 11.7 Å². The lowest BCUT2D eigenvalue weighted by Crippen LogP contribution is -1.98. The molecular formula is C13H9BrFNO3. The number of rotatable bonds is 3. The lowest BCUT2D eigenvalue weighted by molar-refractivity contribution is 0.0661. The Kier molecular flexibility index (Phi) is 2.89. The number of aromatic nitrogens is 1. The Balaban J connectivity index is 2.12. The maximum atomic E-state index is 13.7. The van der Waals surface area contributed by atoms with Crippen molar-refractivity contribution in [1.29, 1.82) is 0 Å². The summed E-state index contributed by atoms with van der Waals surface area (Å²) in [6.07, 6.45) is 1.79. The van der Waals surface area contributed by atoms with Crippen molar-refractivity contribution < 1.29 is 18.7 Å². The van der Waals surface area contributed by atoms with Crippen LogP contribution in [0.2, 0.25) is 0 Å². The van der Waals surface area contributed by atoms with Crippen molar-refractivity contribution in [3.05, 3.63) is 39.9 Å². The number of carbonyl (C=O) groups is 1. The number of oxazole rings is 1. The van der Waals surface area contributed by atoms with Gasteiger partial charge in [-0.25, -0.2) is 14.2 Å². The zero-order valence-electron chi connectivity index (χ0n) is 9.69. The summed E-state index contributed by atoms with van der Waals surface area (Å²) in [6, 6.07) is 4.35. The van der Waals surface area contributed by atoms with Crippen LogP contribution in [-0.2, 0) is 0 Å². The molecule has 1 fully saturated rings. The standard InChI is InChI=1S/C13H9BrFNO3/c14-7-3-4-9(15)8(5-7)12-16-10(6-1-2-6)11(19-12)13(17)18/h3-6H,1-2H2,(H,17,18). The van der Waals surface area contributed by atoms with Crippen molar-refractivity contribution in [3.63, 3.8) is 0 Å². The quantitative estimate of drug-likeness (QED) is 0.931. The first kappa shape index (κ1) is 12.3. The molecule has 2 aromatic rings. The van der Waals surface area contributed by atoms with E-state index in [9.17, 15) is 9.18 Å². The second-order valence-corrected chi connectivity index (χ2v) is 5.35. The van der Waals surface area contributed by atoms with E-state index >= 15 is 0 Å². The average Bonchev–Trinajstić information content (AvgIpc) is 3.11. The zero-order chi connectivity index (χ0) is 13.6. The molecular weight excluding hydrogens is 317 g/mol. The monoisotopic (exact) mass is 325 g/mol. The summed E-state index contributed by atoms with van der Waals surface area (Å²) in [7, 11) is 0. The van der Waals surface area contributed by atoms with Gasteiger partial charge in [-0.15, -0.1) is 0 Å². The van der Waals surface area contributed by atoms with Gasteiger partial charge in [0.1, 0.15) is 5.82 Å². The van der Waals surface area contributed by atoms with Gasteiger partial charge in [0.05, 0.1) is 11.3 Å². The van der Waals surface area contributed by atoms with Crippen LogP contribution >= 0.6 is 15.9 Å². The highest BCUT2D eigenvalue weighted by atomic mass is 79.9. The van der Waals surface area contributed by atoms with Gasteiger partial charge in [0.15, 0.2) is 0 Å². The molecule has 1 N–H and O–H groups in total. The van der Waals surface area contributed by atoms with Crippen LogP contribution in [0.3, 0.4) is 0 Å². The second-order valence-electron chi connectivity index (χ2n) is 4.44. The minimum atomic E-state index is -1.17. The Hall–Kier alpha value is -1.69. The minimum Gasteiger partial charge on any atom is -0.475 e. The van der Waals surface area contributed by atoms with Crippen LogP contribution < -0.4 is 0 Å². The van der Waals surface area contributed by atoms with E-state index in [1.807, 2.05) is 0 Å². The van der Waals surface area contributed by atoms with E-state index < -0.39 is 11.8 Å². The Labute approximate surface area is 116 Å². The number of nitrogens with zero attached hydrogens (tertiary/aromatic N) is 1. The van der Waals surface area contributed by atoms with E-state index in [2.05, 4.69) is 20.9 Å². The average molecular weight is 326 g/mol. The predicted molar refractivity (Wildman–Crippen MR) is 68.5 cm³/mol. The number of halogens is 2. The fourth-order valence-electron chi connectivity index (χ4n) is 1.90. The molecule has 0 atom stereocenters. The van der Waals surface area contributed by atoms with Gasteiger partial charge in [0.25, 0.3) is 0 Å². The molecule has 0 bridgehead atoms. The van der Waals surface area contributed by atoms with Gasteiger partial charge >= 0.3 is 5.97 Å². The number of benzene rings is 1. The zero-order valence-corrected chi connectivity index (χ0v) is 11.3. The van der Waals surface area contributed by atoms with Crippen molar-refractivity contribution in [3.8, 4) is 11.5 Å². The number of carboxylic acid groups (broad SMARTS) is 1. The molecule has 0 spiro atoms. The van der Waals surface area contributed by atoms with E-state index in [0.29, 0.717) is 10.2 Å². The molecule has 0 saturated heterocycles. The van der Waals surface area contributed by atoms with Gasteiger partial charge in [-0.3, -0.25) is 0 Å². The predicted octanol–water partition coefficient (Wildman–Crippen LogP) is 3.82. The van der Waals surface area contributed by atoms with E-state index in [4.69, 9.17) is 9.52 Å². The topological polar surface area (TPSA) is 63.3 Å². The molecule has 1 aromatic carbocycles. The number of aromatic carboxylic acids is 1. The van der Waals surface area contributed by atoms with Crippen LogP contribution in [-0.4, -0.2) is 16.1 Å². The smallest absolute Gasteiger partial charge is 0.373 e. The molecule has 1 aromatic heterocycles. The van der Waals surface area contributed by atoms with Crippen LogP contribution in [0.25, 0.3) is 11.5 Å². The molecule has 1 heterocycles. The summed E-state index contributed by atoms with van der Waals surface area (Å²) in [5.74, 6) is -1.71. The molecule has 1 aliphatic carbocycles. The first-order valence-corrected chi connectivity index (χ1v) is 6.55. The molecule has 0 aliphatic heterocycles. The van der Waals surface area contributed by atoms with Gasteiger partial charge in [-0.2, -0.15) is 0 Å². The van der Waals surface area contributed by atoms with Crippen molar-refractivity contribution >= 4 is 21.9 Å². The highest BCUT2D eigenvalue weighted by Gasteiger charge is 2.34. The lowest BCUT2D eigenvalue weighted by Gasteiger charge is -1.98. The molecule has 1 aliphatic rings. The summed E-state index contributed by atoms with van der Waals surface area (Å²) < 4.78 is 19.6. The van der Waals surface area contributed by atoms with E-state index in [-0.39, 0.29) is 23.1 Å². The Bertz CT molecular complexity index is 664. The van der Waals surface area contributed by atoms with Crippen molar-refractivity contribution in [2.45, 2.75) is 18.8 Å². The van der Waals surface area contributed by atoms with Crippen LogP contribution in [0.4, 0.5) is 4.39 Å². The van der Waals surface area contributed by atoms with Crippen molar-refractivity contribution in [2.24, 2.45) is 0 Å². The minimum absolute atomic E-state index is 0.0121. The fourth-order valence-corrected chi connectivity index (χ4v) is 2.26. The fraction of sp³-hybridized carbons (Fsp3) is 0.231. The number of carboxylic acids is 1. The van der Waals surface area contributed by atoms with Crippen molar-refractivity contribution in [1.82, 2.24) is 4.98 Å². The Morgan fingerprint density at radius 1 is 1.47 bits per heavy atom. The maximum Gasteiger partial charge on any atom is 0.373 e. The first-order valence-electron chi connectivity index (χ1n) is 5.75. The molecule has 4 nitrogen and oxygen atoms in total. The first-order chi connectivity index (χ1) is 9.06. The van der Waals surface area contributed by atoms with Gasteiger partial charge in [0, 0.05) is 10.4 Å². The van der Waals surface area contributed by atoms with Crippen LogP contribution in [0.5, 0.6) is 0 Å². The summed E-state index contributed by atoms with van der Waals surface area (Å²) >= 11 is 3.24. The van der Waals surface area contributed by atoms with E-state index in [1.165, 1.54) is 12.1 Å². The van der Waals surface area contributed by atoms with Crippen LogP contribution in [0, 0.1) is 5.82 Å². The normalized spacial score (nSPS) is 14.6. The molecule has 0 radical (unpaired) electrons. The Morgan fingerprint density at radius 3 is 2.84 bits per heavy atom. The van der Waals surface area contributed by atoms with Crippen LogP contribution in [0.15, 0.2) is 27.1 Å². The Morgan fingerprint density at radius 2 is 2.21 bits per heavy atom. The third-order valence-electron chi connectivity index (χ3n) is 2.97. The maximum absolute atomic E-state index is 13.7. The molecule has 1 saturated carbocycles. The SMILES string of the molecule is O=C(O)c1oc(-c2cc(Br)ccc2F)nc1C1CC1. The second kappa shape index (κ2) is 4.45.